The van der Waals surface area contributed by atoms with Crippen LogP contribution >= 0.6 is 0 Å². The number of hydrogen-bond donors (Lipinski definition) is 0. The first kappa shape index (κ1) is 7.78. The first-order chi connectivity index (χ1) is 5.90. The molecule has 1 radical (unpaired) electrons. The van der Waals surface area contributed by atoms with E-state index >= 15 is 0 Å². The molecule has 1 heteroatoms. The third-order valence-electron chi connectivity index (χ3n) is 2.70. The maximum atomic E-state index is 4.39. The first-order valence-electron chi connectivity index (χ1n) is 4.62. The molecule has 2 rings (SSSR count). The number of rotatable bonds is 1. The van der Waals surface area contributed by atoms with Crippen molar-refractivity contribution in [1.82, 2.24) is 4.98 Å². The summed E-state index contributed by atoms with van der Waals surface area (Å²) in [5, 5.41) is 0. The Morgan fingerprint density at radius 1 is 1.58 bits per heavy atom. The van der Waals surface area contributed by atoms with Crippen molar-refractivity contribution in [2.24, 2.45) is 5.92 Å². The summed E-state index contributed by atoms with van der Waals surface area (Å²) in [6.07, 6.45) is 6.57. The Morgan fingerprint density at radius 3 is 3.33 bits per heavy atom. The molecular weight excluding hydrogens is 146 g/mol. The fourth-order valence-electron chi connectivity index (χ4n) is 1.86. The van der Waals surface area contributed by atoms with Gasteiger partial charge >= 0.3 is 0 Å². The van der Waals surface area contributed by atoms with E-state index in [0.717, 1.165) is 18.8 Å². The number of aryl methyl sites for hydroxylation is 1. The van der Waals surface area contributed by atoms with E-state index in [1.807, 2.05) is 12.3 Å². The van der Waals surface area contributed by atoms with Crippen LogP contribution in [0.4, 0.5) is 0 Å². The van der Waals surface area contributed by atoms with Gasteiger partial charge in [0.1, 0.15) is 0 Å². The van der Waals surface area contributed by atoms with E-state index in [1.165, 1.54) is 24.1 Å². The Hall–Kier alpha value is -0.850. The fourth-order valence-corrected chi connectivity index (χ4v) is 1.86. The highest BCUT2D eigenvalue weighted by atomic mass is 14.7. The minimum Gasteiger partial charge on any atom is -0.261 e. The molecule has 0 aliphatic heterocycles. The number of pyridine rings is 1. The molecule has 0 saturated heterocycles. The smallest absolute Gasteiger partial charge is 0.0438 e. The SMILES string of the molecule is [CH2]CC1CCc2cccnc2C1. The van der Waals surface area contributed by atoms with Crippen molar-refractivity contribution < 1.29 is 0 Å². The van der Waals surface area contributed by atoms with Gasteiger partial charge in [0.05, 0.1) is 0 Å². The molecule has 0 amide bonds. The Kier molecular flexibility index (Phi) is 2.11. The Labute approximate surface area is 73.8 Å². The molecule has 1 unspecified atom stereocenters. The van der Waals surface area contributed by atoms with Crippen LogP contribution in [0.1, 0.15) is 24.1 Å². The van der Waals surface area contributed by atoms with Crippen LogP contribution in [0.5, 0.6) is 0 Å². The highest BCUT2D eigenvalue weighted by Gasteiger charge is 2.17. The van der Waals surface area contributed by atoms with Crippen molar-refractivity contribution >= 4 is 0 Å². The zero-order valence-electron chi connectivity index (χ0n) is 7.29. The minimum atomic E-state index is 0.771. The molecule has 1 aliphatic rings. The zero-order chi connectivity index (χ0) is 8.39. The summed E-state index contributed by atoms with van der Waals surface area (Å²) in [6.45, 7) is 3.95. The predicted molar refractivity (Wildman–Crippen MR) is 49.7 cm³/mol. The largest absolute Gasteiger partial charge is 0.261 e. The summed E-state index contributed by atoms with van der Waals surface area (Å²) in [4.78, 5) is 4.39. The van der Waals surface area contributed by atoms with Gasteiger partial charge in [-0.05, 0) is 36.8 Å². The summed E-state index contributed by atoms with van der Waals surface area (Å²) < 4.78 is 0. The van der Waals surface area contributed by atoms with Gasteiger partial charge in [-0.1, -0.05) is 19.4 Å². The fraction of sp³-hybridized carbons (Fsp3) is 0.455. The van der Waals surface area contributed by atoms with Crippen molar-refractivity contribution in [3.63, 3.8) is 0 Å². The molecule has 1 heterocycles. The van der Waals surface area contributed by atoms with Gasteiger partial charge in [-0.3, -0.25) is 4.98 Å². The second-order valence-electron chi connectivity index (χ2n) is 3.51. The summed E-state index contributed by atoms with van der Waals surface area (Å²) in [5.41, 5.74) is 2.75. The van der Waals surface area contributed by atoms with Gasteiger partial charge in [0.25, 0.3) is 0 Å². The molecule has 0 bridgehead atoms. The van der Waals surface area contributed by atoms with Gasteiger partial charge in [0.2, 0.25) is 0 Å². The average Bonchev–Trinajstić information content (AvgIpc) is 2.17. The predicted octanol–water partition coefficient (Wildman–Crippen LogP) is 2.41. The molecular formula is C11H14N. The lowest BCUT2D eigenvalue weighted by molar-refractivity contribution is 0.455. The molecule has 0 fully saturated rings. The van der Waals surface area contributed by atoms with Crippen LogP contribution < -0.4 is 0 Å². The molecule has 0 spiro atoms. The van der Waals surface area contributed by atoms with E-state index in [-0.39, 0.29) is 0 Å². The lowest BCUT2D eigenvalue weighted by Gasteiger charge is -2.21. The Balaban J connectivity index is 2.23. The number of nitrogens with zero attached hydrogens (tertiary/aromatic N) is 1. The van der Waals surface area contributed by atoms with Gasteiger partial charge in [-0.25, -0.2) is 0 Å². The summed E-state index contributed by atoms with van der Waals surface area (Å²) >= 11 is 0. The van der Waals surface area contributed by atoms with E-state index < -0.39 is 0 Å². The van der Waals surface area contributed by atoms with Gasteiger partial charge in [0, 0.05) is 11.9 Å². The van der Waals surface area contributed by atoms with Crippen molar-refractivity contribution in [2.45, 2.75) is 25.7 Å². The second kappa shape index (κ2) is 3.26. The minimum absolute atomic E-state index is 0.771. The van der Waals surface area contributed by atoms with E-state index in [0.29, 0.717) is 0 Å². The molecule has 1 aliphatic carbocycles. The lowest BCUT2D eigenvalue weighted by atomic mass is 9.85. The molecule has 12 heavy (non-hydrogen) atoms. The molecule has 0 N–H and O–H groups in total. The first-order valence-corrected chi connectivity index (χ1v) is 4.62. The van der Waals surface area contributed by atoms with Crippen molar-refractivity contribution in [2.75, 3.05) is 0 Å². The van der Waals surface area contributed by atoms with Crippen LogP contribution in [0.15, 0.2) is 18.3 Å². The molecule has 0 saturated carbocycles. The van der Waals surface area contributed by atoms with Crippen LogP contribution in [0, 0.1) is 12.8 Å². The zero-order valence-corrected chi connectivity index (χ0v) is 7.29. The summed E-state index contributed by atoms with van der Waals surface area (Å²) in [6, 6.07) is 4.23. The topological polar surface area (TPSA) is 12.9 Å². The quantitative estimate of drug-likeness (QED) is 0.614. The molecule has 63 valence electrons. The Morgan fingerprint density at radius 2 is 2.50 bits per heavy atom. The monoisotopic (exact) mass is 160 g/mol. The van der Waals surface area contributed by atoms with Gasteiger partial charge in [0.15, 0.2) is 0 Å². The van der Waals surface area contributed by atoms with E-state index in [2.05, 4.69) is 18.0 Å². The van der Waals surface area contributed by atoms with Gasteiger partial charge in [-0.15, -0.1) is 0 Å². The molecule has 1 atom stereocenters. The van der Waals surface area contributed by atoms with Crippen LogP contribution in [0.25, 0.3) is 0 Å². The lowest BCUT2D eigenvalue weighted by Crippen LogP contribution is -2.14. The summed E-state index contributed by atoms with van der Waals surface area (Å²) in [5.74, 6) is 0.771. The van der Waals surface area contributed by atoms with Crippen LogP contribution in [-0.4, -0.2) is 4.98 Å². The van der Waals surface area contributed by atoms with Gasteiger partial charge < -0.3 is 0 Å². The number of fused-ring (bicyclic) bond motifs is 1. The molecule has 1 nitrogen and oxygen atoms in total. The van der Waals surface area contributed by atoms with Crippen molar-refractivity contribution in [1.29, 1.82) is 0 Å². The highest BCUT2D eigenvalue weighted by molar-refractivity contribution is 5.22. The third-order valence-corrected chi connectivity index (χ3v) is 2.70. The number of hydrogen-bond acceptors (Lipinski definition) is 1. The summed E-state index contributed by atoms with van der Waals surface area (Å²) in [7, 11) is 0. The second-order valence-corrected chi connectivity index (χ2v) is 3.51. The third kappa shape index (κ3) is 1.36. The van der Waals surface area contributed by atoms with E-state index in [9.17, 15) is 0 Å². The van der Waals surface area contributed by atoms with Gasteiger partial charge in [-0.2, -0.15) is 0 Å². The van der Waals surface area contributed by atoms with Crippen LogP contribution in [-0.2, 0) is 12.8 Å². The van der Waals surface area contributed by atoms with E-state index in [1.54, 1.807) is 0 Å². The molecule has 1 aromatic rings. The highest BCUT2D eigenvalue weighted by Crippen LogP contribution is 2.25. The normalized spacial score (nSPS) is 21.9. The molecule has 1 aromatic heterocycles. The van der Waals surface area contributed by atoms with E-state index in [4.69, 9.17) is 0 Å². The Bertz CT molecular complexity index is 267. The maximum absolute atomic E-state index is 4.39. The average molecular weight is 160 g/mol. The van der Waals surface area contributed by atoms with Crippen LogP contribution in [0.2, 0.25) is 0 Å². The van der Waals surface area contributed by atoms with Crippen molar-refractivity contribution in [3.05, 3.63) is 36.5 Å². The van der Waals surface area contributed by atoms with Crippen LogP contribution in [0.3, 0.4) is 0 Å². The number of aromatic nitrogens is 1. The maximum Gasteiger partial charge on any atom is 0.0438 e. The standard InChI is InChI=1S/C11H14N/c1-2-9-5-6-10-4-3-7-12-11(10)8-9/h3-4,7,9H,1-2,5-6,8H2. The van der Waals surface area contributed by atoms with Crippen molar-refractivity contribution in [3.8, 4) is 0 Å². The molecule has 0 aromatic carbocycles.